The third-order valence-corrected chi connectivity index (χ3v) is 2.34. The van der Waals surface area contributed by atoms with Crippen molar-refractivity contribution in [3.63, 3.8) is 0 Å². The van der Waals surface area contributed by atoms with Gasteiger partial charge in [0.05, 0.1) is 6.10 Å². The Labute approximate surface area is 95.6 Å². The van der Waals surface area contributed by atoms with Gasteiger partial charge in [0.25, 0.3) is 0 Å². The summed E-state index contributed by atoms with van der Waals surface area (Å²) in [6.45, 7) is 3.25. The van der Waals surface area contributed by atoms with Gasteiger partial charge in [-0.05, 0) is 44.0 Å². The average Bonchev–Trinajstić information content (AvgIpc) is 2.22. The first-order chi connectivity index (χ1) is 7.59. The Hall–Kier alpha value is -1.26. The van der Waals surface area contributed by atoms with Gasteiger partial charge in [-0.15, -0.1) is 0 Å². The van der Waals surface area contributed by atoms with Gasteiger partial charge in [-0.2, -0.15) is 0 Å². The van der Waals surface area contributed by atoms with E-state index in [1.54, 1.807) is 13.0 Å². The molecule has 0 saturated heterocycles. The van der Waals surface area contributed by atoms with E-state index >= 15 is 0 Å². The maximum absolute atomic E-state index is 9.26. The average molecular weight is 225 g/mol. The molecule has 0 aliphatic heterocycles. The Morgan fingerprint density at radius 2 is 2.00 bits per heavy atom. The summed E-state index contributed by atoms with van der Waals surface area (Å²) >= 11 is 0. The molecule has 1 atom stereocenters. The molecule has 0 fully saturated rings. The minimum Gasteiger partial charge on any atom is -0.504 e. The van der Waals surface area contributed by atoms with Gasteiger partial charge in [-0.1, -0.05) is 6.07 Å². The van der Waals surface area contributed by atoms with E-state index < -0.39 is 0 Å². The monoisotopic (exact) mass is 225 g/mol. The third-order valence-electron chi connectivity index (χ3n) is 2.34. The molecule has 4 heteroatoms. The highest BCUT2D eigenvalue weighted by molar-refractivity contribution is 5.40. The second kappa shape index (κ2) is 6.35. The molecule has 0 spiro atoms. The zero-order chi connectivity index (χ0) is 12.0. The number of aromatic hydroxyl groups is 2. The number of aliphatic hydroxyl groups excluding tert-OH is 1. The fourth-order valence-electron chi connectivity index (χ4n) is 1.43. The highest BCUT2D eigenvalue weighted by atomic mass is 16.3. The van der Waals surface area contributed by atoms with E-state index in [9.17, 15) is 5.11 Å². The standard InChI is InChI=1S/C12H19NO3/c1-9(14)3-2-6-13-8-10-4-5-11(15)12(16)7-10/h4-5,7,9,13-16H,2-3,6,8H2,1H3. The summed E-state index contributed by atoms with van der Waals surface area (Å²) in [7, 11) is 0. The van der Waals surface area contributed by atoms with Gasteiger partial charge >= 0.3 is 0 Å². The minimum atomic E-state index is -0.250. The molecular weight excluding hydrogens is 206 g/mol. The van der Waals surface area contributed by atoms with Crippen LogP contribution in [0, 0.1) is 0 Å². The van der Waals surface area contributed by atoms with Crippen molar-refractivity contribution in [1.82, 2.24) is 5.32 Å². The number of benzene rings is 1. The van der Waals surface area contributed by atoms with Crippen LogP contribution in [-0.4, -0.2) is 28.0 Å². The van der Waals surface area contributed by atoms with Crippen molar-refractivity contribution in [3.8, 4) is 11.5 Å². The molecule has 0 amide bonds. The lowest BCUT2D eigenvalue weighted by atomic mass is 10.2. The summed E-state index contributed by atoms with van der Waals surface area (Å²) in [6, 6.07) is 4.77. The quantitative estimate of drug-likeness (QED) is 0.435. The van der Waals surface area contributed by atoms with Crippen LogP contribution in [0.5, 0.6) is 11.5 Å². The lowest BCUT2D eigenvalue weighted by Gasteiger charge is -2.07. The molecule has 1 rings (SSSR count). The molecule has 0 aliphatic rings. The second-order valence-electron chi connectivity index (χ2n) is 3.99. The van der Waals surface area contributed by atoms with Crippen LogP contribution < -0.4 is 5.32 Å². The summed E-state index contributed by atoms with van der Waals surface area (Å²) in [6.07, 6.45) is 1.45. The Morgan fingerprint density at radius 3 is 2.62 bits per heavy atom. The SMILES string of the molecule is CC(O)CCCNCc1ccc(O)c(O)c1. The Morgan fingerprint density at radius 1 is 1.25 bits per heavy atom. The molecule has 0 radical (unpaired) electrons. The lowest BCUT2D eigenvalue weighted by Crippen LogP contribution is -2.16. The summed E-state index contributed by atoms with van der Waals surface area (Å²) in [5.41, 5.74) is 0.923. The van der Waals surface area contributed by atoms with Crippen molar-refractivity contribution in [2.75, 3.05) is 6.54 Å². The van der Waals surface area contributed by atoms with E-state index in [1.807, 2.05) is 0 Å². The second-order valence-corrected chi connectivity index (χ2v) is 3.99. The fraction of sp³-hybridized carbons (Fsp3) is 0.500. The molecule has 0 heterocycles. The van der Waals surface area contributed by atoms with Gasteiger partial charge in [0, 0.05) is 6.54 Å². The van der Waals surface area contributed by atoms with Crippen LogP contribution in [0.3, 0.4) is 0 Å². The van der Waals surface area contributed by atoms with Gasteiger partial charge in [0.1, 0.15) is 0 Å². The minimum absolute atomic E-state index is 0.0942. The van der Waals surface area contributed by atoms with E-state index in [0.29, 0.717) is 6.54 Å². The maximum atomic E-state index is 9.26. The van der Waals surface area contributed by atoms with Gasteiger partial charge in [-0.3, -0.25) is 0 Å². The summed E-state index contributed by atoms with van der Waals surface area (Å²) in [5, 5.41) is 30.6. The maximum Gasteiger partial charge on any atom is 0.157 e. The highest BCUT2D eigenvalue weighted by Crippen LogP contribution is 2.24. The molecule has 4 nitrogen and oxygen atoms in total. The predicted octanol–water partition coefficient (Wildman–Crippen LogP) is 1.35. The van der Waals surface area contributed by atoms with E-state index in [0.717, 1.165) is 24.9 Å². The zero-order valence-electron chi connectivity index (χ0n) is 9.48. The van der Waals surface area contributed by atoms with Gasteiger partial charge in [-0.25, -0.2) is 0 Å². The van der Waals surface area contributed by atoms with Crippen LogP contribution in [-0.2, 0) is 6.54 Å². The number of phenols is 2. The first-order valence-electron chi connectivity index (χ1n) is 5.49. The number of phenolic OH excluding ortho intramolecular Hbond substituents is 2. The summed E-state index contributed by atoms with van der Waals surface area (Å²) in [5.74, 6) is -0.193. The van der Waals surface area contributed by atoms with Gasteiger partial charge in [0.15, 0.2) is 11.5 Å². The topological polar surface area (TPSA) is 72.7 Å². The molecule has 0 aromatic heterocycles. The van der Waals surface area contributed by atoms with Crippen molar-refractivity contribution in [3.05, 3.63) is 23.8 Å². The summed E-state index contributed by atoms with van der Waals surface area (Å²) < 4.78 is 0. The molecule has 90 valence electrons. The first kappa shape index (κ1) is 12.8. The summed E-state index contributed by atoms with van der Waals surface area (Å²) in [4.78, 5) is 0. The Balaban J connectivity index is 2.24. The van der Waals surface area contributed by atoms with E-state index in [1.165, 1.54) is 12.1 Å². The predicted molar refractivity (Wildman–Crippen MR) is 62.4 cm³/mol. The molecule has 16 heavy (non-hydrogen) atoms. The smallest absolute Gasteiger partial charge is 0.157 e. The van der Waals surface area contributed by atoms with Crippen molar-refractivity contribution in [2.24, 2.45) is 0 Å². The first-order valence-corrected chi connectivity index (χ1v) is 5.49. The van der Waals surface area contributed by atoms with Crippen molar-refractivity contribution < 1.29 is 15.3 Å². The molecule has 1 aromatic rings. The number of hydrogen-bond donors (Lipinski definition) is 4. The van der Waals surface area contributed by atoms with Gasteiger partial charge < -0.3 is 20.6 Å². The highest BCUT2D eigenvalue weighted by Gasteiger charge is 2.00. The molecule has 0 saturated carbocycles. The number of nitrogens with one attached hydrogen (secondary N) is 1. The van der Waals surface area contributed by atoms with Crippen LogP contribution in [0.4, 0.5) is 0 Å². The Kier molecular flexibility index (Phi) is 5.08. The van der Waals surface area contributed by atoms with E-state index in [-0.39, 0.29) is 17.6 Å². The van der Waals surface area contributed by atoms with Crippen molar-refractivity contribution in [2.45, 2.75) is 32.4 Å². The van der Waals surface area contributed by atoms with Crippen LogP contribution in [0.2, 0.25) is 0 Å². The number of hydrogen-bond acceptors (Lipinski definition) is 4. The molecule has 0 aliphatic carbocycles. The van der Waals surface area contributed by atoms with Crippen LogP contribution in [0.1, 0.15) is 25.3 Å². The van der Waals surface area contributed by atoms with Crippen molar-refractivity contribution >= 4 is 0 Å². The third kappa shape index (κ3) is 4.51. The van der Waals surface area contributed by atoms with E-state index in [2.05, 4.69) is 5.32 Å². The Bertz CT molecular complexity index is 326. The van der Waals surface area contributed by atoms with E-state index in [4.69, 9.17) is 10.2 Å². The number of aliphatic hydroxyl groups is 1. The molecule has 0 bridgehead atoms. The molecule has 1 unspecified atom stereocenters. The molecular formula is C12H19NO3. The number of rotatable bonds is 6. The normalized spacial score (nSPS) is 12.6. The zero-order valence-corrected chi connectivity index (χ0v) is 9.48. The lowest BCUT2D eigenvalue weighted by molar-refractivity contribution is 0.181. The van der Waals surface area contributed by atoms with Crippen LogP contribution in [0.15, 0.2) is 18.2 Å². The fourth-order valence-corrected chi connectivity index (χ4v) is 1.43. The molecule has 4 N–H and O–H groups in total. The van der Waals surface area contributed by atoms with Gasteiger partial charge in [0.2, 0.25) is 0 Å². The largest absolute Gasteiger partial charge is 0.504 e. The van der Waals surface area contributed by atoms with Crippen LogP contribution in [0.25, 0.3) is 0 Å². The van der Waals surface area contributed by atoms with Crippen molar-refractivity contribution in [1.29, 1.82) is 0 Å². The molecule has 1 aromatic carbocycles. The van der Waals surface area contributed by atoms with Crippen LogP contribution >= 0.6 is 0 Å².